The Bertz CT molecular complexity index is 2150. The van der Waals surface area contributed by atoms with Gasteiger partial charge < -0.3 is 0 Å². The predicted octanol–water partition coefficient (Wildman–Crippen LogP) is 7.94. The number of rotatable bonds is 2. The second-order valence-electron chi connectivity index (χ2n) is 9.28. The van der Waals surface area contributed by atoms with Crippen LogP contribution in [0.15, 0.2) is 115 Å². The monoisotopic (exact) mass is 478 g/mol. The number of benzene rings is 5. The molecule has 4 nitrogen and oxygen atoms in total. The van der Waals surface area contributed by atoms with Gasteiger partial charge in [-0.05, 0) is 65.7 Å². The number of hydrogen-bond acceptors (Lipinski definition) is 2. The largest absolute Gasteiger partial charge is 0.279 e. The van der Waals surface area contributed by atoms with Gasteiger partial charge in [-0.25, -0.2) is 14.4 Å². The topological polar surface area (TPSA) is 35.1 Å². The Hall–Kier alpha value is -5.03. The van der Waals surface area contributed by atoms with Gasteiger partial charge in [-0.15, -0.1) is 0 Å². The second kappa shape index (κ2) is 7.48. The zero-order valence-corrected chi connectivity index (χ0v) is 19.6. The minimum Gasteiger partial charge on any atom is -0.279 e. The lowest BCUT2D eigenvalue weighted by molar-refractivity contribution is 0.628. The van der Waals surface area contributed by atoms with E-state index in [1.807, 2.05) is 48.5 Å². The molecule has 0 atom stereocenters. The van der Waals surface area contributed by atoms with Gasteiger partial charge in [-0.3, -0.25) is 8.97 Å². The van der Waals surface area contributed by atoms with Crippen molar-refractivity contribution in [2.24, 2.45) is 0 Å². The normalized spacial score (nSPS) is 11.9. The van der Waals surface area contributed by atoms with E-state index in [-0.39, 0.29) is 5.82 Å². The zero-order valence-electron chi connectivity index (χ0n) is 19.6. The first-order valence-electron chi connectivity index (χ1n) is 12.2. The van der Waals surface area contributed by atoms with Crippen LogP contribution in [0.3, 0.4) is 0 Å². The minimum atomic E-state index is -0.236. The molecule has 0 amide bonds. The van der Waals surface area contributed by atoms with Gasteiger partial charge in [0.2, 0.25) is 5.95 Å². The number of hydrogen-bond donors (Lipinski definition) is 0. The van der Waals surface area contributed by atoms with Gasteiger partial charge in [0.15, 0.2) is 0 Å². The summed E-state index contributed by atoms with van der Waals surface area (Å²) in [6, 6.07) is 37.8. The smallest absolute Gasteiger partial charge is 0.221 e. The van der Waals surface area contributed by atoms with Crippen LogP contribution in [0.25, 0.3) is 66.5 Å². The number of fused-ring (bicyclic) bond motifs is 8. The maximum Gasteiger partial charge on any atom is 0.221 e. The fraction of sp³-hybridized carbons (Fsp3) is 0. The van der Waals surface area contributed by atoms with Crippen LogP contribution in [0, 0.1) is 5.82 Å². The first-order chi connectivity index (χ1) is 18.3. The Morgan fingerprint density at radius 1 is 0.514 bits per heavy atom. The molecule has 8 aromatic rings. The van der Waals surface area contributed by atoms with Crippen LogP contribution in [0.2, 0.25) is 0 Å². The first-order valence-corrected chi connectivity index (χ1v) is 12.2. The molecule has 3 aromatic heterocycles. The van der Waals surface area contributed by atoms with Gasteiger partial charge in [0, 0.05) is 16.2 Å². The van der Waals surface area contributed by atoms with Crippen molar-refractivity contribution in [3.63, 3.8) is 0 Å². The summed E-state index contributed by atoms with van der Waals surface area (Å²) >= 11 is 0. The molecule has 0 unspecified atom stereocenters. The van der Waals surface area contributed by atoms with Crippen LogP contribution in [0.5, 0.6) is 0 Å². The zero-order chi connectivity index (χ0) is 24.5. The molecule has 0 fully saturated rings. The van der Waals surface area contributed by atoms with E-state index in [2.05, 4.69) is 63.6 Å². The number of aromatic nitrogens is 4. The van der Waals surface area contributed by atoms with Crippen molar-refractivity contribution in [1.29, 1.82) is 0 Å². The van der Waals surface area contributed by atoms with Crippen molar-refractivity contribution < 1.29 is 4.39 Å². The van der Waals surface area contributed by atoms with Crippen molar-refractivity contribution in [3.05, 3.63) is 121 Å². The molecule has 0 aliphatic rings. The van der Waals surface area contributed by atoms with Gasteiger partial charge in [0.1, 0.15) is 11.5 Å². The molecule has 174 valence electrons. The molecule has 0 aliphatic carbocycles. The van der Waals surface area contributed by atoms with E-state index in [9.17, 15) is 4.39 Å². The molecule has 0 saturated heterocycles. The highest BCUT2D eigenvalue weighted by Crippen LogP contribution is 2.36. The Morgan fingerprint density at radius 2 is 1.16 bits per heavy atom. The van der Waals surface area contributed by atoms with E-state index in [4.69, 9.17) is 9.97 Å². The van der Waals surface area contributed by atoms with Crippen molar-refractivity contribution in [2.75, 3.05) is 0 Å². The quantitative estimate of drug-likeness (QED) is 0.253. The Balaban J connectivity index is 1.52. The van der Waals surface area contributed by atoms with E-state index in [0.29, 0.717) is 0 Å². The van der Waals surface area contributed by atoms with E-state index in [1.54, 1.807) is 0 Å². The molecule has 8 rings (SSSR count). The van der Waals surface area contributed by atoms with Crippen molar-refractivity contribution in [1.82, 2.24) is 18.9 Å². The average Bonchev–Trinajstić information content (AvgIpc) is 3.49. The molecule has 0 bridgehead atoms. The van der Waals surface area contributed by atoms with Gasteiger partial charge in [0.25, 0.3) is 0 Å². The van der Waals surface area contributed by atoms with Crippen LogP contribution in [-0.4, -0.2) is 18.9 Å². The fourth-order valence-electron chi connectivity index (χ4n) is 5.49. The molecule has 37 heavy (non-hydrogen) atoms. The lowest BCUT2D eigenvalue weighted by Crippen LogP contribution is -2.06. The SMILES string of the molecule is Fc1ccc(-c2ccc3c(c2)c2ccccc2n3-c2nc3ccccc3c3nc4ccccc4n23)cc1. The highest BCUT2D eigenvalue weighted by molar-refractivity contribution is 6.10. The molecule has 0 N–H and O–H groups in total. The number of para-hydroxylation sites is 4. The summed E-state index contributed by atoms with van der Waals surface area (Å²) in [6.45, 7) is 0. The molecular weight excluding hydrogens is 459 g/mol. The fourth-order valence-corrected chi connectivity index (χ4v) is 5.49. The van der Waals surface area contributed by atoms with Gasteiger partial charge in [-0.2, -0.15) is 0 Å². The lowest BCUT2D eigenvalue weighted by atomic mass is 10.0. The summed E-state index contributed by atoms with van der Waals surface area (Å²) in [5.41, 5.74) is 7.86. The third-order valence-corrected chi connectivity index (χ3v) is 7.18. The Morgan fingerprint density at radius 3 is 2.00 bits per heavy atom. The van der Waals surface area contributed by atoms with Crippen LogP contribution in [0.1, 0.15) is 0 Å². The van der Waals surface area contributed by atoms with Crippen molar-refractivity contribution in [3.8, 4) is 17.1 Å². The highest BCUT2D eigenvalue weighted by atomic mass is 19.1. The molecule has 0 aliphatic heterocycles. The predicted molar refractivity (Wildman–Crippen MR) is 148 cm³/mol. The molecular formula is C32H19FN4. The third kappa shape index (κ3) is 2.88. The van der Waals surface area contributed by atoms with E-state index >= 15 is 0 Å². The van der Waals surface area contributed by atoms with E-state index in [0.717, 1.165) is 66.5 Å². The Labute approximate surface area is 210 Å². The number of halogens is 1. The van der Waals surface area contributed by atoms with E-state index in [1.165, 1.54) is 12.1 Å². The third-order valence-electron chi connectivity index (χ3n) is 7.18. The molecule has 5 aromatic carbocycles. The molecule has 5 heteroatoms. The Kier molecular flexibility index (Phi) is 4.08. The minimum absolute atomic E-state index is 0.236. The first kappa shape index (κ1) is 20.2. The van der Waals surface area contributed by atoms with E-state index < -0.39 is 0 Å². The molecule has 0 spiro atoms. The van der Waals surface area contributed by atoms with Crippen LogP contribution < -0.4 is 0 Å². The molecule has 0 radical (unpaired) electrons. The van der Waals surface area contributed by atoms with Crippen LogP contribution in [0.4, 0.5) is 4.39 Å². The van der Waals surface area contributed by atoms with Crippen LogP contribution >= 0.6 is 0 Å². The summed E-state index contributed by atoms with van der Waals surface area (Å²) in [4.78, 5) is 10.2. The summed E-state index contributed by atoms with van der Waals surface area (Å²) in [6.07, 6.45) is 0. The van der Waals surface area contributed by atoms with Gasteiger partial charge >= 0.3 is 0 Å². The highest BCUT2D eigenvalue weighted by Gasteiger charge is 2.19. The summed E-state index contributed by atoms with van der Waals surface area (Å²) < 4.78 is 18.0. The van der Waals surface area contributed by atoms with Crippen LogP contribution in [-0.2, 0) is 0 Å². The average molecular weight is 479 g/mol. The standard InChI is InChI=1S/C32H19FN4/c33-22-16-13-20(14-17-22)21-15-18-29-25(19-21)23-7-2-5-11-28(23)36(29)32-35-26-9-3-1-8-24(26)31-34-27-10-4-6-12-30(27)37(31)32/h1-19H. The molecule has 0 saturated carbocycles. The van der Waals surface area contributed by atoms with Gasteiger partial charge in [0.05, 0.1) is 27.6 Å². The summed E-state index contributed by atoms with van der Waals surface area (Å²) in [7, 11) is 0. The number of imidazole rings is 1. The maximum absolute atomic E-state index is 13.6. The molecule has 3 heterocycles. The maximum atomic E-state index is 13.6. The second-order valence-corrected chi connectivity index (χ2v) is 9.28. The number of nitrogens with zero attached hydrogens (tertiary/aromatic N) is 4. The van der Waals surface area contributed by atoms with Crippen molar-refractivity contribution in [2.45, 2.75) is 0 Å². The summed E-state index contributed by atoms with van der Waals surface area (Å²) in [5.74, 6) is 0.559. The van der Waals surface area contributed by atoms with Crippen molar-refractivity contribution >= 4 is 49.4 Å². The summed E-state index contributed by atoms with van der Waals surface area (Å²) in [5, 5.41) is 3.26. The van der Waals surface area contributed by atoms with Gasteiger partial charge in [-0.1, -0.05) is 60.7 Å². The lowest BCUT2D eigenvalue weighted by Gasteiger charge is -2.12.